The molecular formula is C14H22N2O2. The van der Waals surface area contributed by atoms with Crippen LogP contribution in [0.25, 0.3) is 0 Å². The quantitative estimate of drug-likeness (QED) is 0.720. The number of ether oxygens (including phenoxy) is 1. The van der Waals surface area contributed by atoms with Crippen LogP contribution in [0, 0.1) is 0 Å². The Hall–Kier alpha value is -1.55. The lowest BCUT2D eigenvalue weighted by Gasteiger charge is -2.10. The molecule has 18 heavy (non-hydrogen) atoms. The summed E-state index contributed by atoms with van der Waals surface area (Å²) in [4.78, 5) is 11.3. The molecule has 3 N–H and O–H groups in total. The van der Waals surface area contributed by atoms with Crippen LogP contribution < -0.4 is 15.8 Å². The van der Waals surface area contributed by atoms with Gasteiger partial charge in [0.15, 0.2) is 0 Å². The Morgan fingerprint density at radius 1 is 1.39 bits per heavy atom. The second-order valence-electron chi connectivity index (χ2n) is 4.27. The number of nitrogens with two attached hydrogens (primary N) is 1. The summed E-state index contributed by atoms with van der Waals surface area (Å²) in [6, 6.07) is 7.24. The van der Waals surface area contributed by atoms with Gasteiger partial charge in [0.1, 0.15) is 5.75 Å². The average molecular weight is 250 g/mol. The molecule has 0 aliphatic rings. The molecule has 0 saturated heterocycles. The van der Waals surface area contributed by atoms with Gasteiger partial charge in [-0.1, -0.05) is 25.5 Å². The number of rotatable bonds is 7. The van der Waals surface area contributed by atoms with Crippen molar-refractivity contribution in [3.05, 3.63) is 29.8 Å². The van der Waals surface area contributed by atoms with Gasteiger partial charge in [-0.15, -0.1) is 0 Å². The van der Waals surface area contributed by atoms with Crippen LogP contribution in [-0.4, -0.2) is 25.6 Å². The minimum Gasteiger partial charge on any atom is -0.494 e. The van der Waals surface area contributed by atoms with Crippen LogP contribution in [0.4, 0.5) is 0 Å². The Bertz CT molecular complexity index is 363. The molecule has 0 bridgehead atoms. The van der Waals surface area contributed by atoms with Crippen molar-refractivity contribution >= 4 is 5.91 Å². The van der Waals surface area contributed by atoms with E-state index < -0.39 is 6.04 Å². The van der Waals surface area contributed by atoms with E-state index in [1.165, 1.54) is 0 Å². The van der Waals surface area contributed by atoms with Crippen LogP contribution in [0.1, 0.15) is 25.3 Å². The van der Waals surface area contributed by atoms with E-state index in [4.69, 9.17) is 10.5 Å². The fourth-order valence-corrected chi connectivity index (χ4v) is 1.59. The van der Waals surface area contributed by atoms with Crippen molar-refractivity contribution < 1.29 is 9.53 Å². The Morgan fingerprint density at radius 2 is 2.06 bits per heavy atom. The molecule has 1 unspecified atom stereocenters. The SMILES string of the molecule is CCCCOc1ccc(CC(N)C(=O)NC)cc1. The summed E-state index contributed by atoms with van der Waals surface area (Å²) in [5.74, 6) is 0.721. The molecule has 0 radical (unpaired) electrons. The molecule has 0 aromatic heterocycles. The Balaban J connectivity index is 2.47. The molecule has 0 fully saturated rings. The van der Waals surface area contributed by atoms with Crippen molar-refractivity contribution in [1.29, 1.82) is 0 Å². The summed E-state index contributed by atoms with van der Waals surface area (Å²) in [7, 11) is 1.59. The number of amides is 1. The average Bonchev–Trinajstić information content (AvgIpc) is 2.40. The van der Waals surface area contributed by atoms with E-state index in [0.29, 0.717) is 6.42 Å². The van der Waals surface area contributed by atoms with Gasteiger partial charge in [0.05, 0.1) is 12.6 Å². The molecule has 100 valence electrons. The Kier molecular flexibility index (Phi) is 6.22. The maximum absolute atomic E-state index is 11.3. The zero-order valence-electron chi connectivity index (χ0n) is 11.1. The third kappa shape index (κ3) is 4.75. The summed E-state index contributed by atoms with van der Waals surface area (Å²) >= 11 is 0. The summed E-state index contributed by atoms with van der Waals surface area (Å²) in [6.45, 7) is 2.88. The van der Waals surface area contributed by atoms with E-state index in [-0.39, 0.29) is 5.91 Å². The van der Waals surface area contributed by atoms with Crippen LogP contribution in [0.2, 0.25) is 0 Å². The van der Waals surface area contributed by atoms with Crippen LogP contribution in [0.15, 0.2) is 24.3 Å². The molecule has 1 amide bonds. The Labute approximate surface area is 109 Å². The third-order valence-electron chi connectivity index (χ3n) is 2.73. The smallest absolute Gasteiger partial charge is 0.237 e. The van der Waals surface area contributed by atoms with E-state index in [1.54, 1.807) is 7.05 Å². The minimum atomic E-state index is -0.498. The van der Waals surface area contributed by atoms with Gasteiger partial charge in [-0.3, -0.25) is 4.79 Å². The van der Waals surface area contributed by atoms with E-state index in [2.05, 4.69) is 12.2 Å². The van der Waals surface area contributed by atoms with E-state index in [9.17, 15) is 4.79 Å². The maximum Gasteiger partial charge on any atom is 0.237 e. The first-order valence-corrected chi connectivity index (χ1v) is 6.36. The molecule has 0 aliphatic carbocycles. The number of carbonyl (C=O) groups excluding carboxylic acids is 1. The number of hydrogen-bond donors (Lipinski definition) is 2. The highest BCUT2D eigenvalue weighted by atomic mass is 16.5. The molecule has 1 rings (SSSR count). The van der Waals surface area contributed by atoms with Crippen LogP contribution in [-0.2, 0) is 11.2 Å². The molecule has 4 nitrogen and oxygen atoms in total. The van der Waals surface area contributed by atoms with E-state index >= 15 is 0 Å². The van der Waals surface area contributed by atoms with E-state index in [0.717, 1.165) is 30.8 Å². The predicted octanol–water partition coefficient (Wildman–Crippen LogP) is 1.48. The van der Waals surface area contributed by atoms with Crippen LogP contribution >= 0.6 is 0 Å². The molecule has 1 aromatic rings. The second kappa shape index (κ2) is 7.71. The lowest BCUT2D eigenvalue weighted by Crippen LogP contribution is -2.40. The zero-order valence-corrected chi connectivity index (χ0v) is 11.1. The summed E-state index contributed by atoms with van der Waals surface area (Å²) in [6.07, 6.45) is 2.72. The minimum absolute atomic E-state index is 0.140. The number of nitrogens with one attached hydrogen (secondary N) is 1. The number of hydrogen-bond acceptors (Lipinski definition) is 3. The van der Waals surface area contributed by atoms with Gasteiger partial charge in [0.25, 0.3) is 0 Å². The van der Waals surface area contributed by atoms with Gasteiger partial charge in [-0.05, 0) is 30.5 Å². The highest BCUT2D eigenvalue weighted by Gasteiger charge is 2.11. The number of unbranched alkanes of at least 4 members (excludes halogenated alkanes) is 1. The fraction of sp³-hybridized carbons (Fsp3) is 0.500. The molecule has 0 saturated carbocycles. The Morgan fingerprint density at radius 3 is 2.61 bits per heavy atom. The van der Waals surface area contributed by atoms with Crippen molar-refractivity contribution in [2.45, 2.75) is 32.2 Å². The number of likely N-dealkylation sites (N-methyl/N-ethyl adjacent to an activating group) is 1. The van der Waals surface area contributed by atoms with Gasteiger partial charge in [-0.2, -0.15) is 0 Å². The van der Waals surface area contributed by atoms with E-state index in [1.807, 2.05) is 24.3 Å². The second-order valence-corrected chi connectivity index (χ2v) is 4.27. The first kappa shape index (κ1) is 14.5. The number of carbonyl (C=O) groups is 1. The van der Waals surface area contributed by atoms with Gasteiger partial charge < -0.3 is 15.8 Å². The standard InChI is InChI=1S/C14H22N2O2/c1-3-4-9-18-12-7-5-11(6-8-12)10-13(15)14(17)16-2/h5-8,13H,3-4,9-10,15H2,1-2H3,(H,16,17). The van der Waals surface area contributed by atoms with Crippen molar-refractivity contribution in [2.75, 3.05) is 13.7 Å². The highest BCUT2D eigenvalue weighted by molar-refractivity contribution is 5.81. The van der Waals surface area contributed by atoms with Crippen LogP contribution in [0.3, 0.4) is 0 Å². The van der Waals surface area contributed by atoms with Crippen molar-refractivity contribution in [3.63, 3.8) is 0 Å². The lowest BCUT2D eigenvalue weighted by atomic mass is 10.1. The fourth-order valence-electron chi connectivity index (χ4n) is 1.59. The molecule has 1 atom stereocenters. The molecule has 4 heteroatoms. The lowest BCUT2D eigenvalue weighted by molar-refractivity contribution is -0.121. The van der Waals surface area contributed by atoms with Crippen LogP contribution in [0.5, 0.6) is 5.75 Å². The predicted molar refractivity (Wildman–Crippen MR) is 72.6 cm³/mol. The van der Waals surface area contributed by atoms with Gasteiger partial charge in [0.2, 0.25) is 5.91 Å². The monoisotopic (exact) mass is 250 g/mol. The summed E-state index contributed by atoms with van der Waals surface area (Å²) in [5.41, 5.74) is 6.79. The topological polar surface area (TPSA) is 64.3 Å². The normalized spacial score (nSPS) is 11.9. The third-order valence-corrected chi connectivity index (χ3v) is 2.73. The summed E-state index contributed by atoms with van der Waals surface area (Å²) in [5, 5.41) is 2.54. The van der Waals surface area contributed by atoms with Gasteiger partial charge >= 0.3 is 0 Å². The molecule has 0 aliphatic heterocycles. The van der Waals surface area contributed by atoms with Crippen molar-refractivity contribution in [1.82, 2.24) is 5.32 Å². The zero-order chi connectivity index (χ0) is 13.4. The van der Waals surface area contributed by atoms with Gasteiger partial charge in [0, 0.05) is 7.05 Å². The molecular weight excluding hydrogens is 228 g/mol. The van der Waals surface area contributed by atoms with Crippen molar-refractivity contribution in [3.8, 4) is 5.75 Å². The number of benzene rings is 1. The molecule has 0 spiro atoms. The first-order valence-electron chi connectivity index (χ1n) is 6.36. The molecule has 1 aromatic carbocycles. The van der Waals surface area contributed by atoms with Crippen molar-refractivity contribution in [2.24, 2.45) is 5.73 Å². The van der Waals surface area contributed by atoms with Gasteiger partial charge in [-0.25, -0.2) is 0 Å². The molecule has 0 heterocycles. The maximum atomic E-state index is 11.3. The highest BCUT2D eigenvalue weighted by Crippen LogP contribution is 2.13. The summed E-state index contributed by atoms with van der Waals surface area (Å²) < 4.78 is 5.56. The largest absolute Gasteiger partial charge is 0.494 e. The first-order chi connectivity index (χ1) is 8.67.